The van der Waals surface area contributed by atoms with Crippen LogP contribution in [0.5, 0.6) is 0 Å². The van der Waals surface area contributed by atoms with Crippen LogP contribution in [0.4, 0.5) is 0 Å². The number of rotatable bonds is 15. The summed E-state index contributed by atoms with van der Waals surface area (Å²) < 4.78 is 0. The number of carbonyl (C=O) groups is 3. The Kier molecular flexibility index (Phi) is 14.1. The first-order chi connectivity index (χ1) is 14.8. The fourth-order valence-electron chi connectivity index (χ4n) is 3.31. The predicted octanol–water partition coefficient (Wildman–Crippen LogP) is 2.02. The highest BCUT2D eigenvalue weighted by molar-refractivity contribution is 7.99. The highest BCUT2D eigenvalue weighted by Gasteiger charge is 2.33. The molecule has 0 bridgehead atoms. The van der Waals surface area contributed by atoms with E-state index in [2.05, 4.69) is 5.32 Å². The van der Waals surface area contributed by atoms with Crippen molar-refractivity contribution in [1.29, 1.82) is 0 Å². The average molecular weight is 476 g/mol. The molecule has 188 valence electrons. The van der Waals surface area contributed by atoms with E-state index < -0.39 is 11.6 Å². The number of hydrogen-bond acceptors (Lipinski definition) is 6. The van der Waals surface area contributed by atoms with Crippen LogP contribution in [0.3, 0.4) is 0 Å². The largest absolute Gasteiger partial charge is 0.394 e. The molecular formula is C23H45N3O5S. The highest BCUT2D eigenvalue weighted by atomic mass is 32.2. The molecule has 32 heavy (non-hydrogen) atoms. The van der Waals surface area contributed by atoms with Crippen LogP contribution in [0, 0.1) is 0 Å². The normalized spacial score (nSPS) is 12.9. The molecule has 3 amide bonds. The van der Waals surface area contributed by atoms with Gasteiger partial charge in [0.25, 0.3) is 0 Å². The van der Waals surface area contributed by atoms with Gasteiger partial charge >= 0.3 is 0 Å². The van der Waals surface area contributed by atoms with Gasteiger partial charge in [-0.05, 0) is 41.0 Å². The number of nitrogens with zero attached hydrogens (tertiary/aromatic N) is 2. The van der Waals surface area contributed by atoms with Crippen LogP contribution in [-0.4, -0.2) is 92.7 Å². The van der Waals surface area contributed by atoms with Gasteiger partial charge in [-0.25, -0.2) is 0 Å². The summed E-state index contributed by atoms with van der Waals surface area (Å²) in [4.78, 5) is 40.6. The molecule has 8 nitrogen and oxygen atoms in total. The number of carbonyl (C=O) groups excluding carboxylic acids is 3. The molecule has 0 aromatic carbocycles. The fourth-order valence-corrected chi connectivity index (χ4v) is 4.15. The van der Waals surface area contributed by atoms with E-state index >= 15 is 0 Å². The van der Waals surface area contributed by atoms with Crippen molar-refractivity contribution in [3.05, 3.63) is 0 Å². The minimum atomic E-state index is -0.940. The van der Waals surface area contributed by atoms with Gasteiger partial charge in [0.15, 0.2) is 0 Å². The maximum atomic E-state index is 12.7. The second-order valence-electron chi connectivity index (χ2n) is 9.53. The monoisotopic (exact) mass is 475 g/mol. The van der Waals surface area contributed by atoms with Gasteiger partial charge in [0.1, 0.15) is 0 Å². The molecule has 0 aliphatic carbocycles. The molecule has 0 fully saturated rings. The van der Waals surface area contributed by atoms with E-state index in [0.717, 1.165) is 0 Å². The van der Waals surface area contributed by atoms with Gasteiger partial charge in [-0.15, -0.1) is 0 Å². The van der Waals surface area contributed by atoms with E-state index in [9.17, 15) is 19.5 Å². The van der Waals surface area contributed by atoms with Gasteiger partial charge in [-0.3, -0.25) is 14.4 Å². The Bertz CT molecular complexity index is 593. The molecule has 1 atom stereocenters. The standard InChI is InChI=1S/C23H45N3O5S/c1-8-20(30)25(22(3,4)5)12-11-23(6,7)26(21(31)9-2)13-15-32-14-10-19(29)24-16-18(28)17-27/h18,27-28H,8-17H2,1-7H3,(H,24,29). The molecule has 3 N–H and O–H groups in total. The molecule has 0 aromatic heterocycles. The van der Waals surface area contributed by atoms with Crippen LogP contribution >= 0.6 is 11.8 Å². The minimum Gasteiger partial charge on any atom is -0.394 e. The van der Waals surface area contributed by atoms with Crippen LogP contribution < -0.4 is 5.32 Å². The Balaban J connectivity index is 4.77. The van der Waals surface area contributed by atoms with Gasteiger partial charge in [-0.1, -0.05) is 13.8 Å². The van der Waals surface area contributed by atoms with Crippen molar-refractivity contribution < 1.29 is 24.6 Å². The van der Waals surface area contributed by atoms with Crippen molar-refractivity contribution in [3.8, 4) is 0 Å². The first kappa shape index (κ1) is 30.7. The van der Waals surface area contributed by atoms with Crippen molar-refractivity contribution in [2.45, 2.75) is 91.3 Å². The number of nitrogens with one attached hydrogen (secondary N) is 1. The zero-order chi connectivity index (χ0) is 24.9. The van der Waals surface area contributed by atoms with Crippen molar-refractivity contribution >= 4 is 29.5 Å². The third-order valence-electron chi connectivity index (χ3n) is 5.37. The Morgan fingerprint density at radius 1 is 0.938 bits per heavy atom. The van der Waals surface area contributed by atoms with Gasteiger partial charge < -0.3 is 25.3 Å². The molecule has 9 heteroatoms. The van der Waals surface area contributed by atoms with Gasteiger partial charge in [0.2, 0.25) is 17.7 Å². The van der Waals surface area contributed by atoms with Gasteiger partial charge in [0, 0.05) is 61.5 Å². The Morgan fingerprint density at radius 3 is 2.00 bits per heavy atom. The summed E-state index contributed by atoms with van der Waals surface area (Å²) in [5.74, 6) is 1.34. The Morgan fingerprint density at radius 2 is 1.50 bits per heavy atom. The van der Waals surface area contributed by atoms with Crippen molar-refractivity contribution in [2.75, 3.05) is 37.7 Å². The highest BCUT2D eigenvalue weighted by Crippen LogP contribution is 2.24. The zero-order valence-corrected chi connectivity index (χ0v) is 21.9. The second kappa shape index (κ2) is 14.8. The number of aliphatic hydroxyl groups excluding tert-OH is 2. The van der Waals surface area contributed by atoms with Crippen molar-refractivity contribution in [3.63, 3.8) is 0 Å². The summed E-state index contributed by atoms with van der Waals surface area (Å²) in [6.07, 6.45) is 0.929. The van der Waals surface area contributed by atoms with Crippen LogP contribution in [-0.2, 0) is 14.4 Å². The van der Waals surface area contributed by atoms with E-state index in [0.29, 0.717) is 50.3 Å². The molecule has 0 aliphatic heterocycles. The fraction of sp³-hybridized carbons (Fsp3) is 0.870. The summed E-state index contributed by atoms with van der Waals surface area (Å²) >= 11 is 1.60. The molecule has 0 radical (unpaired) electrons. The average Bonchev–Trinajstić information content (AvgIpc) is 2.72. The van der Waals surface area contributed by atoms with E-state index in [1.165, 1.54) is 0 Å². The van der Waals surface area contributed by atoms with E-state index in [-0.39, 0.29) is 36.4 Å². The number of hydrogen-bond donors (Lipinski definition) is 3. The third kappa shape index (κ3) is 11.5. The summed E-state index contributed by atoms with van der Waals surface area (Å²) in [5, 5.41) is 20.6. The maximum absolute atomic E-state index is 12.7. The lowest BCUT2D eigenvalue weighted by Gasteiger charge is -2.42. The summed E-state index contributed by atoms with van der Waals surface area (Å²) in [5.41, 5.74) is -0.671. The molecule has 0 saturated heterocycles. The molecule has 0 aromatic rings. The lowest BCUT2D eigenvalue weighted by Crippen LogP contribution is -2.53. The minimum absolute atomic E-state index is 0.0408. The lowest BCUT2D eigenvalue weighted by atomic mass is 9.95. The van der Waals surface area contributed by atoms with Crippen LogP contribution in [0.1, 0.15) is 74.1 Å². The topological polar surface area (TPSA) is 110 Å². The van der Waals surface area contributed by atoms with E-state index in [4.69, 9.17) is 5.11 Å². The maximum Gasteiger partial charge on any atom is 0.222 e. The SMILES string of the molecule is CCC(=O)N(CCC(C)(C)N(CCSCCC(=O)NCC(O)CO)C(=O)CC)C(C)(C)C. The molecule has 1 unspecified atom stereocenters. The summed E-state index contributed by atoms with van der Waals surface area (Å²) in [7, 11) is 0. The smallest absolute Gasteiger partial charge is 0.222 e. The molecule has 0 rings (SSSR count). The molecule has 0 saturated carbocycles. The second-order valence-corrected chi connectivity index (χ2v) is 10.8. The quantitative estimate of drug-likeness (QED) is 0.313. The lowest BCUT2D eigenvalue weighted by molar-refractivity contribution is -0.138. The van der Waals surface area contributed by atoms with Crippen LogP contribution in [0.15, 0.2) is 0 Å². The molecule has 0 heterocycles. The summed E-state index contributed by atoms with van der Waals surface area (Å²) in [6.45, 7) is 14.7. The van der Waals surface area contributed by atoms with E-state index in [1.54, 1.807) is 11.8 Å². The zero-order valence-electron chi connectivity index (χ0n) is 21.1. The number of amides is 3. The molecule has 0 aliphatic rings. The third-order valence-corrected chi connectivity index (χ3v) is 6.34. The first-order valence-electron chi connectivity index (χ1n) is 11.5. The van der Waals surface area contributed by atoms with Gasteiger partial charge in [0.05, 0.1) is 12.7 Å². The van der Waals surface area contributed by atoms with E-state index in [1.807, 2.05) is 58.3 Å². The van der Waals surface area contributed by atoms with Crippen molar-refractivity contribution in [2.24, 2.45) is 0 Å². The molecular weight excluding hydrogens is 430 g/mol. The predicted molar refractivity (Wildman–Crippen MR) is 131 cm³/mol. The number of thioether (sulfide) groups is 1. The molecule has 0 spiro atoms. The van der Waals surface area contributed by atoms with Crippen LogP contribution in [0.25, 0.3) is 0 Å². The van der Waals surface area contributed by atoms with Gasteiger partial charge in [-0.2, -0.15) is 11.8 Å². The Labute approximate surface area is 198 Å². The van der Waals surface area contributed by atoms with Crippen molar-refractivity contribution in [1.82, 2.24) is 15.1 Å². The Hall–Kier alpha value is -1.32. The van der Waals surface area contributed by atoms with Crippen LogP contribution in [0.2, 0.25) is 0 Å². The first-order valence-corrected chi connectivity index (χ1v) is 12.7. The number of aliphatic hydroxyl groups is 2. The summed E-state index contributed by atoms with van der Waals surface area (Å²) in [6, 6.07) is 0.